The summed E-state index contributed by atoms with van der Waals surface area (Å²) in [6.07, 6.45) is 9.88. The number of unbranched alkanes of at least 4 members (excludes halogenated alkanes) is 1. The minimum Gasteiger partial charge on any atom is -0.480 e. The van der Waals surface area contributed by atoms with Crippen LogP contribution in [0.4, 0.5) is 4.39 Å². The Morgan fingerprint density at radius 1 is 1.03 bits per heavy atom. The summed E-state index contributed by atoms with van der Waals surface area (Å²) in [7, 11) is 0. The number of rotatable bonds is 7. The first-order valence-electron chi connectivity index (χ1n) is 11.4. The summed E-state index contributed by atoms with van der Waals surface area (Å²) in [5, 5.41) is 12.5. The number of aromatic nitrogens is 1. The van der Waals surface area contributed by atoms with Gasteiger partial charge in [-0.15, -0.1) is 0 Å². The molecule has 1 aromatic heterocycles. The first-order valence-corrected chi connectivity index (χ1v) is 11.4. The van der Waals surface area contributed by atoms with E-state index in [0.29, 0.717) is 32.2 Å². The molecule has 2 N–H and O–H groups in total. The van der Waals surface area contributed by atoms with Crippen molar-refractivity contribution in [2.75, 3.05) is 6.67 Å². The molecule has 1 amide bonds. The lowest BCUT2D eigenvalue weighted by molar-refractivity contribution is -0.145. The average Bonchev–Trinajstić information content (AvgIpc) is 2.71. The topological polar surface area (TPSA) is 88.4 Å². The second-order valence-electron chi connectivity index (χ2n) is 8.70. The highest BCUT2D eigenvalue weighted by Crippen LogP contribution is 2.29. The Balaban J connectivity index is 1.97. The number of alkyl halides is 1. The number of hydrogen-bond donors (Lipinski definition) is 2. The zero-order chi connectivity index (χ0) is 21.6. The van der Waals surface area contributed by atoms with E-state index in [4.69, 9.17) is 0 Å². The SMILES string of the molecule is O=C(NC1(C(=O)O)CCCCC1)c1cc2c(n(CCCCF)c1=O)CCCCCC2. The number of carboxylic acid groups (broad SMARTS) is 1. The van der Waals surface area contributed by atoms with Crippen molar-refractivity contribution in [1.29, 1.82) is 0 Å². The Hall–Kier alpha value is -2.18. The minimum atomic E-state index is -1.30. The fraction of sp³-hybridized carbons (Fsp3) is 0.696. The van der Waals surface area contributed by atoms with Crippen LogP contribution in [0.2, 0.25) is 0 Å². The molecular weight excluding hydrogens is 387 g/mol. The molecule has 0 unspecified atom stereocenters. The molecular formula is C23H33FN2O4. The maximum Gasteiger partial charge on any atom is 0.329 e. The Kier molecular flexibility index (Phi) is 7.67. The molecule has 3 rings (SSSR count). The molecule has 0 saturated heterocycles. The van der Waals surface area contributed by atoms with Crippen LogP contribution in [-0.2, 0) is 24.2 Å². The Bertz CT molecular complexity index is 827. The molecule has 2 aliphatic rings. The van der Waals surface area contributed by atoms with E-state index in [9.17, 15) is 23.9 Å². The number of amides is 1. The normalized spacial score (nSPS) is 18.7. The van der Waals surface area contributed by atoms with E-state index in [-0.39, 0.29) is 11.1 Å². The van der Waals surface area contributed by atoms with Crippen LogP contribution in [0.25, 0.3) is 0 Å². The predicted octanol–water partition coefficient (Wildman–Crippen LogP) is 3.77. The van der Waals surface area contributed by atoms with E-state index in [1.807, 2.05) is 0 Å². The number of aliphatic carboxylic acids is 1. The van der Waals surface area contributed by atoms with Gasteiger partial charge in [-0.3, -0.25) is 14.0 Å². The quantitative estimate of drug-likeness (QED) is 0.657. The second-order valence-corrected chi connectivity index (χ2v) is 8.70. The van der Waals surface area contributed by atoms with E-state index in [1.54, 1.807) is 10.6 Å². The number of pyridine rings is 1. The first kappa shape index (κ1) is 22.5. The number of nitrogens with zero attached hydrogens (tertiary/aromatic N) is 1. The predicted molar refractivity (Wildman–Crippen MR) is 113 cm³/mol. The molecule has 0 aromatic carbocycles. The number of aryl methyl sites for hydroxylation is 1. The summed E-state index contributed by atoms with van der Waals surface area (Å²) in [6, 6.07) is 1.68. The van der Waals surface area contributed by atoms with Crippen LogP contribution in [0, 0.1) is 0 Å². The number of carbonyl (C=O) groups excluding carboxylic acids is 1. The van der Waals surface area contributed by atoms with Gasteiger partial charge in [-0.2, -0.15) is 0 Å². The lowest BCUT2D eigenvalue weighted by Gasteiger charge is -2.34. The fourth-order valence-corrected chi connectivity index (χ4v) is 4.83. The van der Waals surface area contributed by atoms with Crippen LogP contribution < -0.4 is 10.9 Å². The molecule has 1 aromatic rings. The van der Waals surface area contributed by atoms with Gasteiger partial charge in [-0.1, -0.05) is 32.1 Å². The molecule has 6 nitrogen and oxygen atoms in total. The highest BCUT2D eigenvalue weighted by atomic mass is 19.1. The molecule has 0 bridgehead atoms. The molecule has 0 spiro atoms. The summed E-state index contributed by atoms with van der Waals surface area (Å²) in [5.74, 6) is -1.64. The Morgan fingerprint density at radius 2 is 1.70 bits per heavy atom. The maximum absolute atomic E-state index is 13.3. The summed E-state index contributed by atoms with van der Waals surface area (Å²) >= 11 is 0. The van der Waals surface area contributed by atoms with Crippen LogP contribution in [0.5, 0.6) is 0 Å². The zero-order valence-electron chi connectivity index (χ0n) is 17.7. The maximum atomic E-state index is 13.3. The molecule has 30 heavy (non-hydrogen) atoms. The summed E-state index contributed by atoms with van der Waals surface area (Å²) in [5.41, 5.74) is 0.279. The highest BCUT2D eigenvalue weighted by Gasteiger charge is 2.41. The largest absolute Gasteiger partial charge is 0.480 e. The van der Waals surface area contributed by atoms with Crippen molar-refractivity contribution >= 4 is 11.9 Å². The van der Waals surface area contributed by atoms with Gasteiger partial charge in [0.25, 0.3) is 11.5 Å². The minimum absolute atomic E-state index is 0.0146. The molecule has 2 aliphatic carbocycles. The van der Waals surface area contributed by atoms with Crippen LogP contribution >= 0.6 is 0 Å². The van der Waals surface area contributed by atoms with Crippen molar-refractivity contribution in [3.05, 3.63) is 33.2 Å². The van der Waals surface area contributed by atoms with Gasteiger partial charge in [0, 0.05) is 12.2 Å². The number of hydrogen-bond acceptors (Lipinski definition) is 3. The molecule has 0 aliphatic heterocycles. The van der Waals surface area contributed by atoms with E-state index in [2.05, 4.69) is 5.32 Å². The first-order chi connectivity index (χ1) is 14.5. The van der Waals surface area contributed by atoms with Crippen molar-refractivity contribution < 1.29 is 19.1 Å². The Labute approximate surface area is 176 Å². The van der Waals surface area contributed by atoms with Crippen molar-refractivity contribution in [1.82, 2.24) is 9.88 Å². The summed E-state index contributed by atoms with van der Waals surface area (Å²) in [4.78, 5) is 38.3. The molecule has 1 fully saturated rings. The lowest BCUT2D eigenvalue weighted by atomic mass is 9.81. The molecule has 1 heterocycles. The number of nitrogens with one attached hydrogen (secondary N) is 1. The Morgan fingerprint density at radius 3 is 2.37 bits per heavy atom. The average molecular weight is 421 g/mol. The third-order valence-corrected chi connectivity index (χ3v) is 6.58. The van der Waals surface area contributed by atoms with E-state index >= 15 is 0 Å². The van der Waals surface area contributed by atoms with Gasteiger partial charge in [0.05, 0.1) is 6.67 Å². The summed E-state index contributed by atoms with van der Waals surface area (Å²) < 4.78 is 14.3. The monoisotopic (exact) mass is 420 g/mol. The third kappa shape index (κ3) is 4.93. The molecule has 0 atom stereocenters. The number of halogens is 1. The van der Waals surface area contributed by atoms with E-state index in [0.717, 1.165) is 69.0 Å². The van der Waals surface area contributed by atoms with Gasteiger partial charge in [0.2, 0.25) is 0 Å². The van der Waals surface area contributed by atoms with Crippen LogP contribution in [0.1, 0.15) is 92.2 Å². The smallest absolute Gasteiger partial charge is 0.329 e. The van der Waals surface area contributed by atoms with Gasteiger partial charge in [-0.05, 0) is 63.0 Å². The number of fused-ring (bicyclic) bond motifs is 1. The molecule has 1 saturated carbocycles. The number of carbonyl (C=O) groups is 2. The second kappa shape index (κ2) is 10.2. The molecule has 7 heteroatoms. The zero-order valence-corrected chi connectivity index (χ0v) is 17.7. The van der Waals surface area contributed by atoms with Gasteiger partial charge >= 0.3 is 5.97 Å². The van der Waals surface area contributed by atoms with E-state index < -0.39 is 24.1 Å². The van der Waals surface area contributed by atoms with Crippen molar-refractivity contribution in [2.24, 2.45) is 0 Å². The van der Waals surface area contributed by atoms with Crippen molar-refractivity contribution in [3.8, 4) is 0 Å². The van der Waals surface area contributed by atoms with Gasteiger partial charge in [-0.25, -0.2) is 4.79 Å². The third-order valence-electron chi connectivity index (χ3n) is 6.58. The molecule has 0 radical (unpaired) electrons. The van der Waals surface area contributed by atoms with Gasteiger partial charge in [0.1, 0.15) is 11.1 Å². The summed E-state index contributed by atoms with van der Waals surface area (Å²) in [6.45, 7) is -0.0471. The highest BCUT2D eigenvalue weighted by molar-refractivity contribution is 5.97. The number of carboxylic acids is 1. The van der Waals surface area contributed by atoms with Crippen LogP contribution in [0.15, 0.2) is 10.9 Å². The fourth-order valence-electron chi connectivity index (χ4n) is 4.83. The van der Waals surface area contributed by atoms with Crippen molar-refractivity contribution in [3.63, 3.8) is 0 Å². The van der Waals surface area contributed by atoms with E-state index in [1.165, 1.54) is 0 Å². The molecule has 166 valence electrons. The van der Waals surface area contributed by atoms with Crippen LogP contribution in [0.3, 0.4) is 0 Å². The van der Waals surface area contributed by atoms with Gasteiger partial charge < -0.3 is 15.0 Å². The lowest BCUT2D eigenvalue weighted by Crippen LogP contribution is -2.56. The van der Waals surface area contributed by atoms with Crippen LogP contribution in [-0.4, -0.2) is 33.8 Å². The van der Waals surface area contributed by atoms with Gasteiger partial charge in [0.15, 0.2) is 0 Å². The standard InChI is InChI=1S/C23H33FN2O4/c24-14-8-9-15-26-19-11-5-2-1-4-10-17(19)16-18(21(26)28)20(27)25-23(22(29)30)12-6-3-7-13-23/h16H,1-15H2,(H,25,27)(H,29,30). The van der Waals surface area contributed by atoms with Crippen molar-refractivity contribution in [2.45, 2.75) is 95.6 Å².